The van der Waals surface area contributed by atoms with Gasteiger partial charge >= 0.3 is 0 Å². The fourth-order valence-electron chi connectivity index (χ4n) is 1.21. The lowest BCUT2D eigenvalue weighted by molar-refractivity contribution is 1.64. The predicted octanol–water partition coefficient (Wildman–Crippen LogP) is 4.14. The van der Waals surface area contributed by atoms with Crippen LogP contribution in [0.2, 0.25) is 0 Å². The molecule has 0 fully saturated rings. The highest BCUT2D eigenvalue weighted by molar-refractivity contribution is 8.00. The molecule has 0 N–H and O–H groups in total. The van der Waals surface area contributed by atoms with Gasteiger partial charge in [-0.15, -0.1) is 23.1 Å². The van der Waals surface area contributed by atoms with Gasteiger partial charge in [0.05, 0.1) is 4.21 Å². The average molecular weight is 206 g/mol. The van der Waals surface area contributed by atoms with E-state index in [4.69, 9.17) is 0 Å². The molecule has 2 heteroatoms. The molecule has 13 heavy (non-hydrogen) atoms. The number of rotatable bonds is 2. The van der Waals surface area contributed by atoms with Gasteiger partial charge in [-0.1, -0.05) is 30.3 Å². The van der Waals surface area contributed by atoms with Gasteiger partial charge in [-0.05, 0) is 28.8 Å². The van der Waals surface area contributed by atoms with Crippen LogP contribution in [0, 0.1) is 0 Å². The molecular formula is C11H10S2. The van der Waals surface area contributed by atoms with Crippen LogP contribution in [0.5, 0.6) is 0 Å². The summed E-state index contributed by atoms with van der Waals surface area (Å²) in [5.74, 6) is 0. The fourth-order valence-corrected chi connectivity index (χ4v) is 2.62. The van der Waals surface area contributed by atoms with Crippen molar-refractivity contribution in [1.82, 2.24) is 0 Å². The van der Waals surface area contributed by atoms with E-state index >= 15 is 0 Å². The quantitative estimate of drug-likeness (QED) is 0.665. The Kier molecular flexibility index (Phi) is 2.71. The van der Waals surface area contributed by atoms with Gasteiger partial charge in [-0.25, -0.2) is 0 Å². The first kappa shape index (κ1) is 8.85. The second kappa shape index (κ2) is 3.99. The van der Waals surface area contributed by atoms with Gasteiger partial charge in [0, 0.05) is 0 Å². The predicted molar refractivity (Wildman–Crippen MR) is 61.5 cm³/mol. The van der Waals surface area contributed by atoms with Crippen molar-refractivity contribution in [3.05, 3.63) is 41.8 Å². The standard InChI is InChI=1S/C11H10S2/c1-12-11-7-10(8-13-11)9-5-3-2-4-6-9/h2-8H,1H3. The third kappa shape index (κ3) is 1.95. The summed E-state index contributed by atoms with van der Waals surface area (Å²) >= 11 is 3.61. The van der Waals surface area contributed by atoms with E-state index in [0.717, 1.165) is 0 Å². The smallest absolute Gasteiger partial charge is 0.0602 e. The molecule has 0 aliphatic carbocycles. The van der Waals surface area contributed by atoms with Crippen LogP contribution in [-0.4, -0.2) is 6.26 Å². The number of thioether (sulfide) groups is 1. The maximum Gasteiger partial charge on any atom is 0.0602 e. The maximum absolute atomic E-state index is 2.24. The molecule has 1 aromatic heterocycles. The van der Waals surface area contributed by atoms with Crippen molar-refractivity contribution in [2.75, 3.05) is 6.26 Å². The van der Waals surface area contributed by atoms with Gasteiger partial charge in [0.1, 0.15) is 0 Å². The minimum Gasteiger partial charge on any atom is -0.137 e. The zero-order valence-electron chi connectivity index (χ0n) is 7.36. The Balaban J connectivity index is 2.36. The average Bonchev–Trinajstić information content (AvgIpc) is 2.67. The Morgan fingerprint density at radius 1 is 1.08 bits per heavy atom. The zero-order chi connectivity index (χ0) is 9.10. The minimum absolute atomic E-state index is 1.30. The van der Waals surface area contributed by atoms with Gasteiger partial charge in [-0.2, -0.15) is 0 Å². The number of hydrogen-bond donors (Lipinski definition) is 0. The molecule has 0 radical (unpaired) electrons. The molecule has 0 aliphatic heterocycles. The zero-order valence-corrected chi connectivity index (χ0v) is 8.99. The first-order chi connectivity index (χ1) is 6.40. The summed E-state index contributed by atoms with van der Waals surface area (Å²) in [6.07, 6.45) is 2.11. The first-order valence-electron chi connectivity index (χ1n) is 4.08. The van der Waals surface area contributed by atoms with Crippen molar-refractivity contribution < 1.29 is 0 Å². The molecule has 0 saturated heterocycles. The lowest BCUT2D eigenvalue weighted by Gasteiger charge is -1.94. The minimum atomic E-state index is 1.30. The molecule has 0 unspecified atom stereocenters. The van der Waals surface area contributed by atoms with Crippen molar-refractivity contribution in [2.24, 2.45) is 0 Å². The van der Waals surface area contributed by atoms with Crippen LogP contribution in [0.1, 0.15) is 0 Å². The summed E-state index contributed by atoms with van der Waals surface area (Å²) in [5.41, 5.74) is 2.63. The molecule has 0 spiro atoms. The highest BCUT2D eigenvalue weighted by Gasteiger charge is 1.99. The SMILES string of the molecule is CSc1cc(-c2ccccc2)cs1. The van der Waals surface area contributed by atoms with Crippen molar-refractivity contribution in [3.8, 4) is 11.1 Å². The third-order valence-electron chi connectivity index (χ3n) is 1.88. The van der Waals surface area contributed by atoms with Crippen LogP contribution in [-0.2, 0) is 0 Å². The van der Waals surface area contributed by atoms with Crippen LogP contribution < -0.4 is 0 Å². The van der Waals surface area contributed by atoms with E-state index < -0.39 is 0 Å². The Bertz CT molecular complexity index is 376. The second-order valence-corrected chi connectivity index (χ2v) is 4.74. The molecule has 1 aromatic carbocycles. The molecule has 0 aliphatic rings. The summed E-state index contributed by atoms with van der Waals surface area (Å²) in [5, 5.41) is 2.21. The van der Waals surface area contributed by atoms with E-state index in [1.54, 1.807) is 11.8 Å². The highest BCUT2D eigenvalue weighted by Crippen LogP contribution is 2.30. The largest absolute Gasteiger partial charge is 0.137 e. The molecule has 0 amide bonds. The molecular weight excluding hydrogens is 196 g/mol. The van der Waals surface area contributed by atoms with E-state index in [1.165, 1.54) is 15.3 Å². The van der Waals surface area contributed by atoms with Crippen molar-refractivity contribution in [3.63, 3.8) is 0 Å². The number of hydrogen-bond acceptors (Lipinski definition) is 2. The second-order valence-electron chi connectivity index (χ2n) is 2.72. The van der Waals surface area contributed by atoms with Crippen LogP contribution in [0.4, 0.5) is 0 Å². The van der Waals surface area contributed by atoms with Gasteiger partial charge in [0.2, 0.25) is 0 Å². The molecule has 2 rings (SSSR count). The van der Waals surface area contributed by atoms with Crippen molar-refractivity contribution >= 4 is 23.1 Å². The van der Waals surface area contributed by atoms with Crippen molar-refractivity contribution in [1.29, 1.82) is 0 Å². The van der Waals surface area contributed by atoms with Gasteiger partial charge in [-0.3, -0.25) is 0 Å². The molecule has 0 atom stereocenters. The van der Waals surface area contributed by atoms with E-state index in [9.17, 15) is 0 Å². The Labute approximate surface area is 86.6 Å². The Hall–Kier alpha value is -0.730. The van der Waals surface area contributed by atoms with Crippen LogP contribution >= 0.6 is 23.1 Å². The lowest BCUT2D eigenvalue weighted by atomic mass is 10.1. The van der Waals surface area contributed by atoms with Crippen molar-refractivity contribution in [2.45, 2.75) is 4.21 Å². The van der Waals surface area contributed by atoms with E-state index in [-0.39, 0.29) is 0 Å². The highest BCUT2D eigenvalue weighted by atomic mass is 32.2. The Morgan fingerprint density at radius 3 is 2.46 bits per heavy atom. The lowest BCUT2D eigenvalue weighted by Crippen LogP contribution is -1.69. The maximum atomic E-state index is 2.24. The van der Waals surface area contributed by atoms with Gasteiger partial charge < -0.3 is 0 Å². The summed E-state index contributed by atoms with van der Waals surface area (Å²) in [7, 11) is 0. The molecule has 0 saturated carbocycles. The van der Waals surface area contributed by atoms with Crippen LogP contribution in [0.25, 0.3) is 11.1 Å². The monoisotopic (exact) mass is 206 g/mol. The summed E-state index contributed by atoms with van der Waals surface area (Å²) in [6, 6.07) is 12.7. The summed E-state index contributed by atoms with van der Waals surface area (Å²) < 4.78 is 1.37. The topological polar surface area (TPSA) is 0 Å². The van der Waals surface area contributed by atoms with E-state index in [1.807, 2.05) is 17.4 Å². The third-order valence-corrected chi connectivity index (χ3v) is 3.91. The molecule has 1 heterocycles. The van der Waals surface area contributed by atoms with Gasteiger partial charge in [0.15, 0.2) is 0 Å². The molecule has 0 bridgehead atoms. The van der Waals surface area contributed by atoms with Crippen LogP contribution in [0.15, 0.2) is 46.0 Å². The molecule has 2 aromatic rings. The fraction of sp³-hybridized carbons (Fsp3) is 0.0909. The van der Waals surface area contributed by atoms with Gasteiger partial charge in [0.25, 0.3) is 0 Å². The van der Waals surface area contributed by atoms with Crippen LogP contribution in [0.3, 0.4) is 0 Å². The molecule has 0 nitrogen and oxygen atoms in total. The van der Waals surface area contributed by atoms with E-state index in [2.05, 4.69) is 42.0 Å². The first-order valence-corrected chi connectivity index (χ1v) is 6.18. The Morgan fingerprint density at radius 2 is 1.85 bits per heavy atom. The molecule has 66 valence electrons. The van der Waals surface area contributed by atoms with E-state index in [0.29, 0.717) is 0 Å². The normalized spacial score (nSPS) is 10.2. The number of benzene rings is 1. The number of thiophene rings is 1. The summed E-state index contributed by atoms with van der Waals surface area (Å²) in [4.78, 5) is 0. The summed E-state index contributed by atoms with van der Waals surface area (Å²) in [6.45, 7) is 0.